The molecule has 1 aromatic heterocycles. The lowest BCUT2D eigenvalue weighted by Gasteiger charge is -2.33. The topological polar surface area (TPSA) is 92.4 Å². The van der Waals surface area contributed by atoms with E-state index in [0.29, 0.717) is 37.8 Å². The molecule has 2 N–H and O–H groups in total. The minimum absolute atomic E-state index is 0.221. The lowest BCUT2D eigenvalue weighted by molar-refractivity contribution is 0.385. The van der Waals surface area contributed by atoms with Crippen molar-refractivity contribution in [3.8, 4) is 0 Å². The van der Waals surface area contributed by atoms with Gasteiger partial charge in [-0.15, -0.1) is 0 Å². The highest BCUT2D eigenvalue weighted by molar-refractivity contribution is 7.88. The van der Waals surface area contributed by atoms with Crippen molar-refractivity contribution < 1.29 is 8.42 Å². The molecule has 0 aliphatic carbocycles. The zero-order valence-corrected chi connectivity index (χ0v) is 12.1. The van der Waals surface area contributed by atoms with Crippen molar-refractivity contribution >= 4 is 33.2 Å². The zero-order chi connectivity index (χ0) is 14.0. The van der Waals surface area contributed by atoms with Crippen molar-refractivity contribution in [1.29, 1.82) is 0 Å². The number of sulfonamides is 1. The number of hydrogen-bond acceptors (Lipinski definition) is 6. The highest BCUT2D eigenvalue weighted by Gasteiger charge is 2.24. The Labute approximate surface area is 117 Å². The van der Waals surface area contributed by atoms with Crippen molar-refractivity contribution in [1.82, 2.24) is 14.3 Å². The average molecular weight is 301 g/mol. The lowest BCUT2D eigenvalue weighted by Crippen LogP contribution is -2.48. The lowest BCUT2D eigenvalue weighted by atomic mass is 10.3. The van der Waals surface area contributed by atoms with E-state index in [-0.39, 0.29) is 4.99 Å². The van der Waals surface area contributed by atoms with Gasteiger partial charge in [0.2, 0.25) is 16.0 Å². The van der Waals surface area contributed by atoms with Gasteiger partial charge in [-0.25, -0.2) is 18.4 Å². The van der Waals surface area contributed by atoms with Crippen LogP contribution in [0.4, 0.5) is 5.95 Å². The number of rotatable bonds is 3. The van der Waals surface area contributed by atoms with Crippen molar-refractivity contribution in [2.45, 2.75) is 0 Å². The molecule has 1 aromatic rings. The number of nitrogens with two attached hydrogens (primary N) is 1. The van der Waals surface area contributed by atoms with E-state index >= 15 is 0 Å². The van der Waals surface area contributed by atoms with Crippen LogP contribution in [0, 0.1) is 0 Å². The quantitative estimate of drug-likeness (QED) is 0.730. The normalized spacial score (nSPS) is 17.4. The van der Waals surface area contributed by atoms with Gasteiger partial charge in [0, 0.05) is 32.4 Å². The summed E-state index contributed by atoms with van der Waals surface area (Å²) in [5.74, 6) is 0.526. The monoisotopic (exact) mass is 301 g/mol. The third-order valence-corrected chi connectivity index (χ3v) is 4.40. The number of anilines is 1. The van der Waals surface area contributed by atoms with Crippen LogP contribution in [0.2, 0.25) is 0 Å². The Morgan fingerprint density at radius 2 is 2.00 bits per heavy atom. The molecule has 2 heterocycles. The third kappa shape index (κ3) is 3.37. The van der Waals surface area contributed by atoms with Gasteiger partial charge in [0.15, 0.2) is 0 Å². The van der Waals surface area contributed by atoms with Gasteiger partial charge in [-0.05, 0) is 6.07 Å². The maximum atomic E-state index is 11.4. The maximum absolute atomic E-state index is 11.4. The third-order valence-electron chi connectivity index (χ3n) is 2.89. The fourth-order valence-electron chi connectivity index (χ4n) is 1.86. The van der Waals surface area contributed by atoms with E-state index in [1.54, 1.807) is 12.3 Å². The van der Waals surface area contributed by atoms with Gasteiger partial charge >= 0.3 is 0 Å². The van der Waals surface area contributed by atoms with Crippen molar-refractivity contribution in [3.63, 3.8) is 0 Å². The first-order chi connectivity index (χ1) is 8.88. The Hall–Kier alpha value is -1.32. The second-order valence-electron chi connectivity index (χ2n) is 4.26. The molecule has 104 valence electrons. The molecule has 0 amide bonds. The first-order valence-corrected chi connectivity index (χ1v) is 7.96. The number of aromatic nitrogens is 2. The Kier molecular flexibility index (Phi) is 3.97. The molecule has 0 bridgehead atoms. The molecule has 0 aromatic carbocycles. The molecule has 0 radical (unpaired) electrons. The van der Waals surface area contributed by atoms with E-state index in [4.69, 9.17) is 18.0 Å². The molecule has 1 aliphatic heterocycles. The summed E-state index contributed by atoms with van der Waals surface area (Å²) >= 11 is 4.87. The molecule has 0 atom stereocenters. The predicted molar refractivity (Wildman–Crippen MR) is 76.5 cm³/mol. The van der Waals surface area contributed by atoms with Gasteiger partial charge in [-0.1, -0.05) is 12.2 Å². The molecule has 9 heteroatoms. The van der Waals surface area contributed by atoms with Crippen LogP contribution in [-0.2, 0) is 10.0 Å². The Bertz CT molecular complexity index is 581. The van der Waals surface area contributed by atoms with Crippen LogP contribution in [0.15, 0.2) is 12.3 Å². The van der Waals surface area contributed by atoms with Crippen LogP contribution < -0.4 is 10.6 Å². The fourth-order valence-corrected chi connectivity index (χ4v) is 2.80. The molecular formula is C10H15N5O2S2. The van der Waals surface area contributed by atoms with E-state index < -0.39 is 10.0 Å². The van der Waals surface area contributed by atoms with Crippen molar-refractivity contribution in [2.24, 2.45) is 5.73 Å². The first kappa shape index (κ1) is 14.1. The smallest absolute Gasteiger partial charge is 0.226 e. The molecule has 1 saturated heterocycles. The van der Waals surface area contributed by atoms with E-state index in [1.165, 1.54) is 10.6 Å². The van der Waals surface area contributed by atoms with Crippen molar-refractivity contribution in [3.05, 3.63) is 18.0 Å². The van der Waals surface area contributed by atoms with Gasteiger partial charge in [-0.3, -0.25) is 0 Å². The van der Waals surface area contributed by atoms with Crippen LogP contribution in [0.25, 0.3) is 0 Å². The van der Waals surface area contributed by atoms with Crippen molar-refractivity contribution in [2.75, 3.05) is 37.3 Å². The van der Waals surface area contributed by atoms with Gasteiger partial charge in [0.05, 0.1) is 6.26 Å². The summed E-state index contributed by atoms with van der Waals surface area (Å²) in [6.07, 6.45) is 2.81. The molecule has 1 fully saturated rings. The summed E-state index contributed by atoms with van der Waals surface area (Å²) in [6.45, 7) is 1.96. The molecular weight excluding hydrogens is 286 g/mol. The second-order valence-corrected chi connectivity index (χ2v) is 6.68. The first-order valence-electron chi connectivity index (χ1n) is 5.71. The number of thiocarbonyl (C=S) groups is 1. The largest absolute Gasteiger partial charge is 0.388 e. The SMILES string of the molecule is CS(=O)(=O)N1CCN(c2nccc(C(N)=S)n2)CC1. The van der Waals surface area contributed by atoms with Crippen LogP contribution in [-0.4, -0.2) is 60.1 Å². The Morgan fingerprint density at radius 3 is 2.53 bits per heavy atom. The van der Waals surface area contributed by atoms with Gasteiger partial charge in [-0.2, -0.15) is 4.31 Å². The molecule has 1 aliphatic rings. The van der Waals surface area contributed by atoms with E-state index in [1.807, 2.05) is 4.90 Å². The highest BCUT2D eigenvalue weighted by atomic mass is 32.2. The minimum atomic E-state index is -3.13. The van der Waals surface area contributed by atoms with E-state index in [9.17, 15) is 8.42 Å². The second kappa shape index (κ2) is 5.35. The fraction of sp³-hybridized carbons (Fsp3) is 0.500. The maximum Gasteiger partial charge on any atom is 0.226 e. The molecule has 0 unspecified atom stereocenters. The Morgan fingerprint density at radius 1 is 1.37 bits per heavy atom. The van der Waals surface area contributed by atoms with E-state index in [2.05, 4.69) is 9.97 Å². The van der Waals surface area contributed by atoms with Crippen LogP contribution in [0.1, 0.15) is 5.69 Å². The standard InChI is InChI=1S/C10H15N5O2S2/c1-19(16,17)15-6-4-14(5-7-15)10-12-3-2-8(13-10)9(11)18/h2-3H,4-7H2,1H3,(H2,11,18). The molecule has 0 saturated carbocycles. The minimum Gasteiger partial charge on any atom is -0.388 e. The Balaban J connectivity index is 2.10. The number of piperazine rings is 1. The average Bonchev–Trinajstić information content (AvgIpc) is 2.38. The summed E-state index contributed by atoms with van der Waals surface area (Å²) in [7, 11) is -3.13. The van der Waals surface area contributed by atoms with Gasteiger partial charge in [0.25, 0.3) is 0 Å². The molecule has 2 rings (SSSR count). The molecule has 7 nitrogen and oxygen atoms in total. The molecule has 0 spiro atoms. The molecule has 19 heavy (non-hydrogen) atoms. The number of nitrogens with zero attached hydrogens (tertiary/aromatic N) is 4. The summed E-state index contributed by atoms with van der Waals surface area (Å²) in [6, 6.07) is 1.65. The summed E-state index contributed by atoms with van der Waals surface area (Å²) < 4.78 is 24.3. The van der Waals surface area contributed by atoms with Crippen LogP contribution in [0.3, 0.4) is 0 Å². The summed E-state index contributed by atoms with van der Waals surface area (Å²) in [5.41, 5.74) is 6.05. The predicted octanol–water partition coefficient (Wildman–Crippen LogP) is -0.808. The van der Waals surface area contributed by atoms with Gasteiger partial charge in [0.1, 0.15) is 10.7 Å². The van der Waals surface area contributed by atoms with Crippen LogP contribution in [0.5, 0.6) is 0 Å². The number of hydrogen-bond donors (Lipinski definition) is 1. The van der Waals surface area contributed by atoms with Gasteiger partial charge < -0.3 is 10.6 Å². The van der Waals surface area contributed by atoms with E-state index in [0.717, 1.165) is 0 Å². The van der Waals surface area contributed by atoms with Crippen LogP contribution >= 0.6 is 12.2 Å². The summed E-state index contributed by atoms with van der Waals surface area (Å²) in [4.78, 5) is 10.6. The summed E-state index contributed by atoms with van der Waals surface area (Å²) in [5, 5.41) is 0. The zero-order valence-electron chi connectivity index (χ0n) is 10.5. The highest BCUT2D eigenvalue weighted by Crippen LogP contribution is 2.12.